The molecule has 0 fully saturated rings. The number of amides is 3. The van der Waals surface area contributed by atoms with Crippen molar-refractivity contribution >= 4 is 29.1 Å². The van der Waals surface area contributed by atoms with Crippen LogP contribution in [0.3, 0.4) is 0 Å². The fourth-order valence-corrected chi connectivity index (χ4v) is 4.29. The number of nitrogens with zero attached hydrogens (tertiary/aromatic N) is 2. The summed E-state index contributed by atoms with van der Waals surface area (Å²) in [6, 6.07) is 15.1. The zero-order chi connectivity index (χ0) is 29.0. The van der Waals surface area contributed by atoms with E-state index in [2.05, 4.69) is 17.4 Å². The Morgan fingerprint density at radius 3 is 2.03 bits per heavy atom. The average molecular weight is 555 g/mol. The minimum absolute atomic E-state index is 0.256. The molecule has 39 heavy (non-hydrogen) atoms. The minimum atomic E-state index is -4.77. The molecule has 0 saturated carbocycles. The van der Waals surface area contributed by atoms with Gasteiger partial charge in [0.05, 0.1) is 11.4 Å². The first-order valence-electron chi connectivity index (χ1n) is 11.8. The summed E-state index contributed by atoms with van der Waals surface area (Å²) in [5, 5.41) is 2.23. The van der Waals surface area contributed by atoms with E-state index in [9.17, 15) is 40.7 Å². The molecule has 3 amide bonds. The van der Waals surface area contributed by atoms with Crippen LogP contribution < -0.4 is 16.0 Å². The van der Waals surface area contributed by atoms with Gasteiger partial charge in [0.15, 0.2) is 0 Å². The number of carbonyl (C=O) groups is 3. The number of aliphatic imine (C=N–C) groups is 1. The number of alkyl halides is 6. The minimum Gasteiger partial charge on any atom is -0.369 e. The molecule has 1 radical (unpaired) electrons. The number of rotatable bonds is 9. The predicted octanol–water partition coefficient (Wildman–Crippen LogP) is 4.51. The van der Waals surface area contributed by atoms with Gasteiger partial charge in [0.1, 0.15) is 0 Å². The van der Waals surface area contributed by atoms with E-state index in [1.165, 1.54) is 0 Å². The Balaban J connectivity index is 2.00. The van der Waals surface area contributed by atoms with Crippen LogP contribution in [-0.4, -0.2) is 42.0 Å². The summed E-state index contributed by atoms with van der Waals surface area (Å²) in [7, 11) is 3.71. The van der Waals surface area contributed by atoms with E-state index in [-0.39, 0.29) is 5.71 Å². The topological polar surface area (TPSA) is 105 Å². The summed E-state index contributed by atoms with van der Waals surface area (Å²) in [5.41, 5.74) is 6.82. The Morgan fingerprint density at radius 1 is 0.923 bits per heavy atom. The quantitative estimate of drug-likeness (QED) is 0.445. The number of hydrogen-bond acceptors (Lipinski definition) is 4. The van der Waals surface area contributed by atoms with Gasteiger partial charge in [-0.1, -0.05) is 48.5 Å². The molecule has 13 heteroatoms. The Hall–Kier alpha value is -3.90. The highest BCUT2D eigenvalue weighted by molar-refractivity contribution is 6.20. The van der Waals surface area contributed by atoms with Crippen LogP contribution >= 0.6 is 0 Å². The van der Waals surface area contributed by atoms with Crippen molar-refractivity contribution in [3.05, 3.63) is 72.8 Å². The zero-order valence-electron chi connectivity index (χ0n) is 20.4. The standard InChI is InChI=1S/C26H25F6N4O3/c1-36-19-10-6-5-9-18(19)20(15-7-3-2-4-8-15)34-22(24(36)39)35-23(38)17(12-14-26(30,31)32)16(21(33)37)11-13-25(27,28)29/h2-10,16-17,22H,1,11-14H2,(H2,33,37)(H,35,38)/t16-,17+,22+/m0/s1. The van der Waals surface area contributed by atoms with Crippen molar-refractivity contribution < 1.29 is 40.7 Å². The molecule has 0 spiro atoms. The van der Waals surface area contributed by atoms with Crippen molar-refractivity contribution in [3.63, 3.8) is 0 Å². The lowest BCUT2D eigenvalue weighted by molar-refractivity contribution is -0.152. The number of benzene rings is 2. The third-order valence-corrected chi connectivity index (χ3v) is 6.20. The Kier molecular flexibility index (Phi) is 9.03. The van der Waals surface area contributed by atoms with Crippen molar-refractivity contribution in [1.29, 1.82) is 0 Å². The number of nitrogens with one attached hydrogen (secondary N) is 1. The summed E-state index contributed by atoms with van der Waals surface area (Å²) < 4.78 is 77.6. The van der Waals surface area contributed by atoms with Crippen molar-refractivity contribution in [2.75, 3.05) is 4.90 Å². The molecular formula is C26H25F6N4O3. The van der Waals surface area contributed by atoms with Gasteiger partial charge >= 0.3 is 12.4 Å². The van der Waals surface area contributed by atoms with Gasteiger partial charge in [0.25, 0.3) is 5.91 Å². The van der Waals surface area contributed by atoms with E-state index in [0.29, 0.717) is 16.8 Å². The summed E-state index contributed by atoms with van der Waals surface area (Å²) in [6.07, 6.45) is -16.4. The monoisotopic (exact) mass is 555 g/mol. The van der Waals surface area contributed by atoms with E-state index < -0.39 is 73.8 Å². The van der Waals surface area contributed by atoms with Crippen LogP contribution in [0, 0.1) is 18.9 Å². The largest absolute Gasteiger partial charge is 0.389 e. The fourth-order valence-electron chi connectivity index (χ4n) is 4.29. The molecule has 0 unspecified atom stereocenters. The van der Waals surface area contributed by atoms with Crippen LogP contribution in [0.4, 0.5) is 32.0 Å². The predicted molar refractivity (Wildman–Crippen MR) is 130 cm³/mol. The zero-order valence-corrected chi connectivity index (χ0v) is 20.4. The molecule has 0 bridgehead atoms. The second-order valence-corrected chi connectivity index (χ2v) is 8.96. The molecule has 3 atom stereocenters. The number of nitrogens with two attached hydrogens (primary N) is 1. The number of primary amides is 1. The van der Waals surface area contributed by atoms with Gasteiger partial charge in [-0.3, -0.25) is 14.4 Å². The van der Waals surface area contributed by atoms with Crippen LogP contribution in [-0.2, 0) is 14.4 Å². The van der Waals surface area contributed by atoms with Crippen molar-refractivity contribution in [3.8, 4) is 0 Å². The van der Waals surface area contributed by atoms with Gasteiger partial charge in [-0.05, 0) is 18.9 Å². The van der Waals surface area contributed by atoms with E-state index in [4.69, 9.17) is 5.73 Å². The lowest BCUT2D eigenvalue weighted by Gasteiger charge is -2.27. The number of para-hydroxylation sites is 1. The average Bonchev–Trinajstić information content (AvgIpc) is 2.95. The van der Waals surface area contributed by atoms with Crippen LogP contribution in [0.1, 0.15) is 36.8 Å². The van der Waals surface area contributed by atoms with Crippen molar-refractivity contribution in [2.45, 2.75) is 44.2 Å². The maximum Gasteiger partial charge on any atom is 0.389 e. The van der Waals surface area contributed by atoms with E-state index in [1.807, 2.05) is 0 Å². The highest BCUT2D eigenvalue weighted by Gasteiger charge is 2.41. The first kappa shape index (κ1) is 29.7. The number of hydrogen-bond donors (Lipinski definition) is 2. The van der Waals surface area contributed by atoms with E-state index in [0.717, 1.165) is 4.90 Å². The van der Waals surface area contributed by atoms with Gasteiger partial charge in [0.2, 0.25) is 18.0 Å². The summed E-state index contributed by atoms with van der Waals surface area (Å²) in [4.78, 5) is 43.8. The number of carbonyl (C=O) groups excluding carboxylic acids is 3. The molecule has 209 valence electrons. The molecule has 3 N–H and O–H groups in total. The second-order valence-electron chi connectivity index (χ2n) is 8.96. The van der Waals surface area contributed by atoms with Crippen LogP contribution in [0.2, 0.25) is 0 Å². The number of benzodiazepines with no additional fused rings is 1. The first-order chi connectivity index (χ1) is 18.2. The number of anilines is 1. The van der Waals surface area contributed by atoms with Crippen LogP contribution in [0.5, 0.6) is 0 Å². The Labute approximate surface area is 220 Å². The third kappa shape index (κ3) is 7.80. The summed E-state index contributed by atoms with van der Waals surface area (Å²) in [6.45, 7) is 0. The molecular weight excluding hydrogens is 530 g/mol. The van der Waals surface area contributed by atoms with E-state index in [1.54, 1.807) is 54.6 Å². The van der Waals surface area contributed by atoms with Gasteiger partial charge in [-0.2, -0.15) is 26.3 Å². The molecule has 0 saturated heterocycles. The molecule has 1 heterocycles. The van der Waals surface area contributed by atoms with Crippen LogP contribution in [0.25, 0.3) is 0 Å². The Bertz CT molecular complexity index is 1230. The normalized spacial score (nSPS) is 17.5. The second kappa shape index (κ2) is 11.9. The smallest absolute Gasteiger partial charge is 0.369 e. The maximum atomic E-state index is 13.3. The lowest BCUT2D eigenvalue weighted by Crippen LogP contribution is -2.49. The third-order valence-electron chi connectivity index (χ3n) is 6.20. The van der Waals surface area contributed by atoms with Crippen LogP contribution in [0.15, 0.2) is 59.6 Å². The summed E-state index contributed by atoms with van der Waals surface area (Å²) in [5.74, 6) is -7.27. The van der Waals surface area contributed by atoms with Gasteiger partial charge in [-0.25, -0.2) is 4.99 Å². The highest BCUT2D eigenvalue weighted by Crippen LogP contribution is 2.33. The van der Waals surface area contributed by atoms with Gasteiger partial charge < -0.3 is 16.0 Å². The van der Waals surface area contributed by atoms with Gasteiger partial charge in [0, 0.05) is 42.9 Å². The number of fused-ring (bicyclic) bond motifs is 1. The highest BCUT2D eigenvalue weighted by atomic mass is 19.4. The lowest BCUT2D eigenvalue weighted by atomic mass is 9.83. The molecule has 2 aromatic rings. The molecule has 0 aromatic heterocycles. The molecule has 0 aliphatic carbocycles. The fraction of sp³-hybridized carbons (Fsp3) is 0.346. The molecule has 7 nitrogen and oxygen atoms in total. The molecule has 1 aliphatic heterocycles. The summed E-state index contributed by atoms with van der Waals surface area (Å²) >= 11 is 0. The molecule has 3 rings (SSSR count). The number of halogens is 6. The first-order valence-corrected chi connectivity index (χ1v) is 11.8. The SMILES string of the molecule is [CH2]N1C(=O)[C@@H](NC(=O)[C@H](CCC(F)(F)F)[C@H](CCC(F)(F)F)C(N)=O)N=C(c2ccccc2)c2ccccc21. The maximum absolute atomic E-state index is 13.3. The van der Waals surface area contributed by atoms with Crippen molar-refractivity contribution in [1.82, 2.24) is 5.32 Å². The molecule has 1 aliphatic rings. The van der Waals surface area contributed by atoms with Crippen molar-refractivity contribution in [2.24, 2.45) is 22.6 Å². The molecule has 2 aromatic carbocycles. The van der Waals surface area contributed by atoms with Gasteiger partial charge in [-0.15, -0.1) is 0 Å². The Morgan fingerprint density at radius 2 is 1.46 bits per heavy atom. The van der Waals surface area contributed by atoms with E-state index >= 15 is 0 Å².